The van der Waals surface area contributed by atoms with Crippen molar-refractivity contribution in [3.63, 3.8) is 0 Å². The molecule has 0 radical (unpaired) electrons. The van der Waals surface area contributed by atoms with Crippen molar-refractivity contribution in [3.05, 3.63) is 60.2 Å². The molecule has 0 bridgehead atoms. The van der Waals surface area contributed by atoms with E-state index in [0.29, 0.717) is 37.5 Å². The second kappa shape index (κ2) is 9.53. The molecular weight excluding hydrogens is 432 g/mol. The van der Waals surface area contributed by atoms with Gasteiger partial charge >= 0.3 is 34.9 Å². The molecule has 0 aliphatic carbocycles. The molecule has 0 unspecified atom stereocenters. The van der Waals surface area contributed by atoms with Crippen LogP contribution in [0, 0.1) is 0 Å². The van der Waals surface area contributed by atoms with Gasteiger partial charge in [0.25, 0.3) is 0 Å². The standard InChI is InChI=1S/C13H13BO3.FN.W/c15-14(16)12-6-8-13(9-7-12)17-10-11-4-2-1-3-5-11;1-2;/h1-9,15-16H,10H2;;. The van der Waals surface area contributed by atoms with E-state index in [2.05, 4.69) is 3.72 Å². The van der Waals surface area contributed by atoms with Crippen LogP contribution in [-0.4, -0.2) is 17.2 Å². The average molecular weight is 445 g/mol. The van der Waals surface area contributed by atoms with Crippen LogP contribution < -0.4 is 10.2 Å². The number of hydrogen-bond acceptors (Lipinski definition) is 4. The molecule has 0 spiro atoms. The molecule has 2 N–H and O–H groups in total. The molecule has 0 amide bonds. The molecule has 7 heteroatoms. The van der Waals surface area contributed by atoms with E-state index in [-0.39, 0.29) is 0 Å². The quantitative estimate of drug-likeness (QED) is 0.703. The summed E-state index contributed by atoms with van der Waals surface area (Å²) < 4.78 is 17.6. The zero-order valence-electron chi connectivity index (χ0n) is 10.5. The van der Waals surface area contributed by atoms with E-state index in [1.54, 1.807) is 24.3 Å². The Bertz CT molecular complexity index is 511. The maximum absolute atomic E-state index is 9.95. The Labute approximate surface area is 128 Å². The predicted octanol–water partition coefficient (Wildman–Crippen LogP) is 1.55. The van der Waals surface area contributed by atoms with E-state index < -0.39 is 7.12 Å². The Morgan fingerprint density at radius 3 is 2.10 bits per heavy atom. The smallest absolute Gasteiger partial charge is 0.488 e. The second-order valence-electron chi connectivity index (χ2n) is 3.79. The zero-order valence-corrected chi connectivity index (χ0v) is 13.5. The number of nitrogens with zero attached hydrogens (tertiary/aromatic N) is 1. The summed E-state index contributed by atoms with van der Waals surface area (Å²) in [4.78, 5) is 0. The third-order valence-corrected chi connectivity index (χ3v) is 2.43. The van der Waals surface area contributed by atoms with E-state index in [4.69, 9.17) is 14.8 Å². The number of hydrogen-bond donors (Lipinski definition) is 2. The molecule has 2 aromatic rings. The van der Waals surface area contributed by atoms with Crippen LogP contribution in [0.15, 0.2) is 58.3 Å². The van der Waals surface area contributed by atoms with E-state index in [0.717, 1.165) is 5.56 Å². The van der Waals surface area contributed by atoms with Gasteiger partial charge in [0, 0.05) is 0 Å². The van der Waals surface area contributed by atoms with Crippen LogP contribution in [0.5, 0.6) is 5.75 Å². The largest absolute Gasteiger partial charge is 0.489 e. The maximum atomic E-state index is 9.95. The zero-order chi connectivity index (χ0) is 14.8. The van der Waals surface area contributed by atoms with Gasteiger partial charge in [0.15, 0.2) is 0 Å². The van der Waals surface area contributed by atoms with Crippen molar-refractivity contribution in [1.29, 1.82) is 0 Å². The van der Waals surface area contributed by atoms with Gasteiger partial charge < -0.3 is 14.8 Å². The van der Waals surface area contributed by atoms with Crippen LogP contribution in [0.3, 0.4) is 0 Å². The fourth-order valence-electron chi connectivity index (χ4n) is 1.48. The van der Waals surface area contributed by atoms with Gasteiger partial charge in [0.2, 0.25) is 0 Å². The average Bonchev–Trinajstić information content (AvgIpc) is 2.47. The third-order valence-electron chi connectivity index (χ3n) is 2.43. The van der Waals surface area contributed by atoms with Crippen LogP contribution in [0.4, 0.5) is 4.48 Å². The van der Waals surface area contributed by atoms with Crippen LogP contribution in [0.1, 0.15) is 5.56 Å². The molecule has 104 valence electrons. The second-order valence-corrected chi connectivity index (χ2v) is 4.28. The molecule has 2 rings (SSSR count). The van der Waals surface area contributed by atoms with Crippen molar-refractivity contribution in [3.8, 4) is 5.75 Å². The molecule has 0 atom stereocenters. The van der Waals surface area contributed by atoms with Crippen molar-refractivity contribution in [2.45, 2.75) is 6.61 Å². The number of rotatable bonds is 4. The van der Waals surface area contributed by atoms with Crippen LogP contribution >= 0.6 is 0 Å². The third kappa shape index (κ3) is 6.19. The van der Waals surface area contributed by atoms with Gasteiger partial charge in [0.05, 0.1) is 0 Å². The van der Waals surface area contributed by atoms with Gasteiger partial charge in [0.1, 0.15) is 12.4 Å². The predicted molar refractivity (Wildman–Crippen MR) is 70.6 cm³/mol. The molecule has 0 saturated heterocycles. The molecule has 0 heterocycles. The summed E-state index contributed by atoms with van der Waals surface area (Å²) in [5.41, 5.74) is 1.55. The molecule has 0 aliphatic rings. The summed E-state index contributed by atoms with van der Waals surface area (Å²) >= 11 is 0.630. The first kappa shape index (κ1) is 16.7. The fraction of sp³-hybridized carbons (Fsp3) is 0.0769. The summed E-state index contributed by atoms with van der Waals surface area (Å²) in [5.74, 6) is 0.707. The minimum Gasteiger partial charge on any atom is -0.489 e. The van der Waals surface area contributed by atoms with Gasteiger partial charge in [-0.25, -0.2) is 0 Å². The SMILES string of the molecule is F[N]=[W].OB(O)c1ccc(OCc2ccccc2)cc1. The molecular formula is C13H13BFNO3W. The van der Waals surface area contributed by atoms with E-state index in [1.165, 1.54) is 0 Å². The molecule has 2 aromatic carbocycles. The van der Waals surface area contributed by atoms with Gasteiger partial charge in [-0.3, -0.25) is 0 Å². The number of halogens is 1. The number of benzene rings is 2. The van der Waals surface area contributed by atoms with Crippen molar-refractivity contribution >= 4 is 12.6 Å². The Morgan fingerprint density at radius 1 is 1.05 bits per heavy atom. The monoisotopic (exact) mass is 445 g/mol. The first-order valence-corrected chi connectivity index (χ1v) is 7.05. The van der Waals surface area contributed by atoms with E-state index in [9.17, 15) is 4.48 Å². The fourth-order valence-corrected chi connectivity index (χ4v) is 1.48. The van der Waals surface area contributed by atoms with E-state index >= 15 is 0 Å². The molecule has 0 fully saturated rings. The Hall–Kier alpha value is -1.36. The minimum atomic E-state index is -1.43. The molecule has 0 aliphatic heterocycles. The van der Waals surface area contributed by atoms with Gasteiger partial charge in [-0.1, -0.05) is 42.5 Å². The molecule has 0 aromatic heterocycles. The van der Waals surface area contributed by atoms with Gasteiger partial charge in [-0.15, -0.1) is 0 Å². The van der Waals surface area contributed by atoms with Gasteiger partial charge in [-0.05, 0) is 23.2 Å². The topological polar surface area (TPSA) is 62.1 Å². The summed E-state index contributed by atoms with van der Waals surface area (Å²) in [7, 11) is -1.43. The molecule has 20 heavy (non-hydrogen) atoms. The van der Waals surface area contributed by atoms with Crippen LogP contribution in [0.25, 0.3) is 0 Å². The molecule has 4 nitrogen and oxygen atoms in total. The summed E-state index contributed by atoms with van der Waals surface area (Å²) in [6, 6.07) is 16.6. The Balaban J connectivity index is 0.000000612. The van der Waals surface area contributed by atoms with Crippen molar-refractivity contribution in [1.82, 2.24) is 0 Å². The van der Waals surface area contributed by atoms with Crippen LogP contribution in [-0.2, 0) is 26.2 Å². The summed E-state index contributed by atoms with van der Waals surface area (Å²) in [6.45, 7) is 0.502. The normalized spacial score (nSPS) is 9.15. The molecule has 0 saturated carbocycles. The first-order chi connectivity index (χ1) is 9.67. The summed E-state index contributed by atoms with van der Waals surface area (Å²) in [6.07, 6.45) is 0. The van der Waals surface area contributed by atoms with Crippen molar-refractivity contribution in [2.24, 2.45) is 3.72 Å². The first-order valence-electron chi connectivity index (χ1n) is 5.74. The van der Waals surface area contributed by atoms with Crippen LogP contribution in [0.2, 0.25) is 0 Å². The van der Waals surface area contributed by atoms with Crippen molar-refractivity contribution in [2.75, 3.05) is 0 Å². The Kier molecular flexibility index (Phi) is 7.96. The maximum Gasteiger partial charge on any atom is 0.488 e. The van der Waals surface area contributed by atoms with E-state index in [1.807, 2.05) is 30.3 Å². The minimum absolute atomic E-state index is 0.456. The van der Waals surface area contributed by atoms with Crippen molar-refractivity contribution < 1.29 is 38.9 Å². The summed E-state index contributed by atoms with van der Waals surface area (Å²) in [5, 5.41) is 17.9. The van der Waals surface area contributed by atoms with Gasteiger partial charge in [-0.2, -0.15) is 0 Å². The number of ether oxygens (including phenoxy) is 1. The Morgan fingerprint density at radius 2 is 1.60 bits per heavy atom.